The number of alkyl halides is 3. The molecule has 2 N–H and O–H groups in total. The van der Waals surface area contributed by atoms with Gasteiger partial charge in [-0.05, 0) is 44.4 Å². The maximum Gasteiger partial charge on any atom is 0.417 e. The van der Waals surface area contributed by atoms with Gasteiger partial charge >= 0.3 is 6.18 Å². The third-order valence-corrected chi connectivity index (χ3v) is 7.44. The Morgan fingerprint density at radius 2 is 1.54 bits per heavy atom. The van der Waals surface area contributed by atoms with Crippen LogP contribution < -0.4 is 5.32 Å². The predicted molar refractivity (Wildman–Crippen MR) is 134 cm³/mol. The first-order valence-corrected chi connectivity index (χ1v) is 14.0. The van der Waals surface area contributed by atoms with Gasteiger partial charge in [0.25, 0.3) is 5.91 Å². The number of halogens is 3. The Labute approximate surface area is 209 Å². The minimum atomic E-state index is -4.72. The van der Waals surface area contributed by atoms with Crippen molar-refractivity contribution < 1.29 is 27.3 Å². The molecule has 0 aliphatic heterocycles. The summed E-state index contributed by atoms with van der Waals surface area (Å²) >= 11 is 0. The van der Waals surface area contributed by atoms with Crippen molar-refractivity contribution >= 4 is 22.4 Å². The lowest BCUT2D eigenvalue weighted by Gasteiger charge is -2.22. The molecule has 0 heterocycles. The van der Waals surface area contributed by atoms with Crippen LogP contribution in [-0.2, 0) is 21.8 Å². The highest BCUT2D eigenvalue weighted by Crippen LogP contribution is 2.33. The number of nitrogens with zero attached hydrogens (tertiary/aromatic N) is 1. The second kappa shape index (κ2) is 15.9. The summed E-state index contributed by atoms with van der Waals surface area (Å²) < 4.78 is 51.1. The number of carbonyl (C=O) groups is 1. The topological polar surface area (TPSA) is 90.2 Å². The molecule has 0 fully saturated rings. The Morgan fingerprint density at radius 1 is 1.00 bits per heavy atom. The lowest BCUT2D eigenvalue weighted by molar-refractivity contribution is -0.138. The second-order valence-corrected chi connectivity index (χ2v) is 10.9. The fraction of sp³-hybridized carbons (Fsp3) is 0.692. The standard InChI is InChI=1S/C26H39F3N2O3S/c1-3-4-12-17-35(34)18-13-10-8-6-5-7-9-11-16-25(2,33)24(32)31-22-15-14-21(20-30)23(19-22)26(27,28)29/h14-15,19,33H,3-13,16-18H2,1-2H3,(H,31,32). The number of unbranched alkanes of at least 4 members (excludes halogenated alkanes) is 9. The van der Waals surface area contributed by atoms with Crippen LogP contribution in [0.15, 0.2) is 18.2 Å². The fourth-order valence-corrected chi connectivity index (χ4v) is 5.00. The van der Waals surface area contributed by atoms with E-state index < -0.39 is 39.6 Å². The SMILES string of the molecule is CCCCCS(=O)CCCCCCCCCCC(C)(O)C(=O)Nc1ccc(C#N)c(C(F)(F)F)c1. The molecule has 35 heavy (non-hydrogen) atoms. The molecule has 0 saturated heterocycles. The third-order valence-electron chi connectivity index (χ3n) is 5.95. The molecule has 0 aliphatic rings. The molecule has 0 aliphatic carbocycles. The molecule has 1 aromatic rings. The molecular weight excluding hydrogens is 477 g/mol. The maximum absolute atomic E-state index is 13.1. The van der Waals surface area contributed by atoms with E-state index in [1.165, 1.54) is 19.1 Å². The van der Waals surface area contributed by atoms with Crippen molar-refractivity contribution in [2.24, 2.45) is 0 Å². The molecule has 0 spiro atoms. The number of rotatable bonds is 17. The van der Waals surface area contributed by atoms with E-state index in [9.17, 15) is 27.3 Å². The summed E-state index contributed by atoms with van der Waals surface area (Å²) in [6.07, 6.45) is 6.61. The van der Waals surface area contributed by atoms with Gasteiger partial charge in [-0.3, -0.25) is 9.00 Å². The zero-order chi connectivity index (χ0) is 26.3. The Kier molecular flexibility index (Phi) is 14.2. The highest BCUT2D eigenvalue weighted by Gasteiger charge is 2.35. The molecule has 2 unspecified atom stereocenters. The molecule has 0 saturated carbocycles. The summed E-state index contributed by atoms with van der Waals surface area (Å²) in [5, 5.41) is 21.7. The first-order chi connectivity index (χ1) is 16.5. The largest absolute Gasteiger partial charge is 0.417 e. The number of hydrogen-bond donors (Lipinski definition) is 2. The Hall–Kier alpha value is -1.92. The first-order valence-electron chi connectivity index (χ1n) is 12.5. The molecule has 0 aromatic heterocycles. The summed E-state index contributed by atoms with van der Waals surface area (Å²) in [5.74, 6) is 0.834. The molecule has 2 atom stereocenters. The summed E-state index contributed by atoms with van der Waals surface area (Å²) in [6, 6.07) is 4.41. The van der Waals surface area contributed by atoms with Crippen molar-refractivity contribution in [1.29, 1.82) is 5.26 Å². The Morgan fingerprint density at radius 3 is 2.09 bits per heavy atom. The van der Waals surface area contributed by atoms with E-state index >= 15 is 0 Å². The number of nitriles is 1. The average Bonchev–Trinajstić information content (AvgIpc) is 2.79. The van der Waals surface area contributed by atoms with Gasteiger partial charge in [-0.1, -0.05) is 64.7 Å². The number of anilines is 1. The molecule has 1 rings (SSSR count). The average molecular weight is 517 g/mol. The van der Waals surface area contributed by atoms with Gasteiger partial charge in [0, 0.05) is 28.0 Å². The van der Waals surface area contributed by atoms with E-state index in [-0.39, 0.29) is 12.1 Å². The van der Waals surface area contributed by atoms with Crippen LogP contribution in [-0.4, -0.2) is 32.3 Å². The first kappa shape index (κ1) is 31.1. The van der Waals surface area contributed by atoms with Crippen molar-refractivity contribution in [1.82, 2.24) is 0 Å². The Balaban J connectivity index is 2.26. The van der Waals surface area contributed by atoms with Crippen molar-refractivity contribution in [2.75, 3.05) is 16.8 Å². The molecule has 1 aromatic carbocycles. The van der Waals surface area contributed by atoms with E-state index in [0.717, 1.165) is 81.8 Å². The molecule has 0 radical (unpaired) electrons. The van der Waals surface area contributed by atoms with Gasteiger partial charge in [0.05, 0.1) is 17.2 Å². The quantitative estimate of drug-likeness (QED) is 0.225. The molecular formula is C26H39F3N2O3S. The van der Waals surface area contributed by atoms with Crippen LogP contribution in [0.4, 0.5) is 18.9 Å². The van der Waals surface area contributed by atoms with Crippen molar-refractivity contribution in [2.45, 2.75) is 103 Å². The second-order valence-electron chi connectivity index (χ2n) is 9.23. The normalized spacial score (nSPS) is 14.2. The highest BCUT2D eigenvalue weighted by molar-refractivity contribution is 7.84. The minimum absolute atomic E-state index is 0.119. The van der Waals surface area contributed by atoms with Gasteiger partial charge in [0.1, 0.15) is 5.60 Å². The van der Waals surface area contributed by atoms with Gasteiger partial charge in [-0.2, -0.15) is 18.4 Å². The molecule has 1 amide bonds. The molecule has 9 heteroatoms. The smallest absolute Gasteiger partial charge is 0.380 e. The van der Waals surface area contributed by atoms with Crippen molar-refractivity contribution in [3.63, 3.8) is 0 Å². The molecule has 198 valence electrons. The van der Waals surface area contributed by atoms with Gasteiger partial charge < -0.3 is 10.4 Å². The monoisotopic (exact) mass is 516 g/mol. The van der Waals surface area contributed by atoms with Crippen molar-refractivity contribution in [3.8, 4) is 6.07 Å². The summed E-state index contributed by atoms with van der Waals surface area (Å²) in [7, 11) is -0.685. The number of aliphatic hydroxyl groups is 1. The predicted octanol–water partition coefficient (Wildman–Crippen LogP) is 6.72. The van der Waals surface area contributed by atoms with Crippen LogP contribution >= 0.6 is 0 Å². The van der Waals surface area contributed by atoms with E-state index in [4.69, 9.17) is 5.26 Å². The zero-order valence-electron chi connectivity index (χ0n) is 20.9. The van der Waals surface area contributed by atoms with Crippen LogP contribution in [0, 0.1) is 11.3 Å². The summed E-state index contributed by atoms with van der Waals surface area (Å²) in [5.41, 5.74) is -3.48. The van der Waals surface area contributed by atoms with E-state index in [1.807, 2.05) is 0 Å². The number of amides is 1. The van der Waals surface area contributed by atoms with Crippen LogP contribution in [0.1, 0.15) is 102 Å². The Bertz CT molecular complexity index is 851. The van der Waals surface area contributed by atoms with E-state index in [1.54, 1.807) is 0 Å². The minimum Gasteiger partial charge on any atom is -0.380 e. The zero-order valence-corrected chi connectivity index (χ0v) is 21.7. The van der Waals surface area contributed by atoms with Crippen LogP contribution in [0.3, 0.4) is 0 Å². The van der Waals surface area contributed by atoms with Gasteiger partial charge in [0.15, 0.2) is 0 Å². The van der Waals surface area contributed by atoms with Crippen molar-refractivity contribution in [3.05, 3.63) is 29.3 Å². The lowest BCUT2D eigenvalue weighted by atomic mass is 9.96. The van der Waals surface area contributed by atoms with Gasteiger partial charge in [-0.25, -0.2) is 0 Å². The summed E-state index contributed by atoms with van der Waals surface area (Å²) in [6.45, 7) is 3.49. The number of benzene rings is 1. The van der Waals surface area contributed by atoms with Crippen LogP contribution in [0.5, 0.6) is 0 Å². The van der Waals surface area contributed by atoms with Crippen LogP contribution in [0.2, 0.25) is 0 Å². The molecule has 0 bridgehead atoms. The van der Waals surface area contributed by atoms with Gasteiger partial charge in [-0.15, -0.1) is 0 Å². The fourth-order valence-electron chi connectivity index (χ4n) is 3.74. The van der Waals surface area contributed by atoms with Gasteiger partial charge in [0.2, 0.25) is 0 Å². The third kappa shape index (κ3) is 12.6. The number of carbonyl (C=O) groups excluding carboxylic acids is 1. The van der Waals surface area contributed by atoms with E-state index in [0.29, 0.717) is 12.5 Å². The van der Waals surface area contributed by atoms with Crippen LogP contribution in [0.25, 0.3) is 0 Å². The number of hydrogen-bond acceptors (Lipinski definition) is 4. The molecule has 5 nitrogen and oxygen atoms in total. The van der Waals surface area contributed by atoms with E-state index in [2.05, 4.69) is 12.2 Å². The maximum atomic E-state index is 13.1. The highest BCUT2D eigenvalue weighted by atomic mass is 32.2. The summed E-state index contributed by atoms with van der Waals surface area (Å²) in [4.78, 5) is 12.4. The number of nitrogens with one attached hydrogen (secondary N) is 1. The lowest BCUT2D eigenvalue weighted by Crippen LogP contribution is -2.40.